The highest BCUT2D eigenvalue weighted by Crippen LogP contribution is 1.98. The highest BCUT2D eigenvalue weighted by atomic mass is 16.5. The van der Waals surface area contributed by atoms with Gasteiger partial charge in [-0.2, -0.15) is 0 Å². The molecule has 1 atom stereocenters. The first-order chi connectivity index (χ1) is 7.43. The van der Waals surface area contributed by atoms with Crippen LogP contribution in [0.15, 0.2) is 0 Å². The number of hydrogen-bond donors (Lipinski definition) is 2. The second kappa shape index (κ2) is 8.53. The fourth-order valence-electron chi connectivity index (χ4n) is 1.05. The molecule has 0 aliphatic heterocycles. The summed E-state index contributed by atoms with van der Waals surface area (Å²) >= 11 is 0. The zero-order valence-electron chi connectivity index (χ0n) is 11.2. The normalized spacial score (nSPS) is 13.2. The van der Waals surface area contributed by atoms with Crippen molar-refractivity contribution in [1.82, 2.24) is 10.6 Å². The van der Waals surface area contributed by atoms with Gasteiger partial charge < -0.3 is 15.4 Å². The highest BCUT2D eigenvalue weighted by Gasteiger charge is 2.10. The van der Waals surface area contributed by atoms with Crippen molar-refractivity contribution in [2.45, 2.75) is 46.7 Å². The van der Waals surface area contributed by atoms with Crippen molar-refractivity contribution < 1.29 is 9.53 Å². The molecular formula is C12H26N2O2. The molecule has 2 N–H and O–H groups in total. The van der Waals surface area contributed by atoms with Crippen LogP contribution < -0.4 is 10.6 Å². The SMILES string of the molecule is CC(C)NCCOCC(=O)NC(C)C(C)C. The van der Waals surface area contributed by atoms with Crippen LogP contribution in [0.4, 0.5) is 0 Å². The van der Waals surface area contributed by atoms with Crippen LogP contribution in [-0.2, 0) is 9.53 Å². The van der Waals surface area contributed by atoms with Crippen LogP contribution in [0.5, 0.6) is 0 Å². The van der Waals surface area contributed by atoms with Crippen LogP contribution in [0.3, 0.4) is 0 Å². The Morgan fingerprint density at radius 3 is 2.31 bits per heavy atom. The van der Waals surface area contributed by atoms with Crippen LogP contribution in [0, 0.1) is 5.92 Å². The fraction of sp³-hybridized carbons (Fsp3) is 0.917. The molecule has 0 fully saturated rings. The van der Waals surface area contributed by atoms with Crippen LogP contribution in [0.1, 0.15) is 34.6 Å². The first-order valence-electron chi connectivity index (χ1n) is 6.04. The van der Waals surface area contributed by atoms with E-state index >= 15 is 0 Å². The summed E-state index contributed by atoms with van der Waals surface area (Å²) in [6, 6.07) is 0.656. The van der Waals surface area contributed by atoms with E-state index in [1.54, 1.807) is 0 Å². The van der Waals surface area contributed by atoms with Crippen molar-refractivity contribution in [2.75, 3.05) is 19.8 Å². The van der Waals surface area contributed by atoms with E-state index in [0.717, 1.165) is 6.54 Å². The van der Waals surface area contributed by atoms with Crippen LogP contribution >= 0.6 is 0 Å². The Balaban J connectivity index is 3.44. The van der Waals surface area contributed by atoms with Gasteiger partial charge in [-0.05, 0) is 12.8 Å². The van der Waals surface area contributed by atoms with E-state index in [1.807, 2.05) is 6.92 Å². The lowest BCUT2D eigenvalue weighted by molar-refractivity contribution is -0.126. The molecule has 0 rings (SSSR count). The van der Waals surface area contributed by atoms with Crippen molar-refractivity contribution in [3.63, 3.8) is 0 Å². The molecular weight excluding hydrogens is 204 g/mol. The summed E-state index contributed by atoms with van der Waals surface area (Å²) in [6.45, 7) is 11.8. The van der Waals surface area contributed by atoms with Gasteiger partial charge in [-0.3, -0.25) is 4.79 Å². The van der Waals surface area contributed by atoms with Gasteiger partial charge in [-0.25, -0.2) is 0 Å². The quantitative estimate of drug-likeness (QED) is 0.615. The molecule has 0 radical (unpaired) electrons. The highest BCUT2D eigenvalue weighted by molar-refractivity contribution is 5.77. The Morgan fingerprint density at radius 1 is 1.19 bits per heavy atom. The van der Waals surface area contributed by atoms with Crippen molar-refractivity contribution >= 4 is 5.91 Å². The Hall–Kier alpha value is -0.610. The number of carbonyl (C=O) groups excluding carboxylic acids is 1. The van der Waals surface area contributed by atoms with Gasteiger partial charge in [0.15, 0.2) is 0 Å². The maximum atomic E-state index is 11.4. The zero-order valence-corrected chi connectivity index (χ0v) is 11.2. The van der Waals surface area contributed by atoms with Gasteiger partial charge in [0, 0.05) is 18.6 Å². The number of ether oxygens (including phenoxy) is 1. The zero-order chi connectivity index (χ0) is 12.6. The molecule has 0 spiro atoms. The molecule has 0 saturated heterocycles. The molecule has 0 heterocycles. The fourth-order valence-corrected chi connectivity index (χ4v) is 1.05. The van der Waals surface area contributed by atoms with Gasteiger partial charge in [0.2, 0.25) is 5.91 Å². The molecule has 1 unspecified atom stereocenters. The Morgan fingerprint density at radius 2 is 1.81 bits per heavy atom. The topological polar surface area (TPSA) is 50.4 Å². The molecule has 0 aromatic rings. The molecule has 0 bridgehead atoms. The van der Waals surface area contributed by atoms with Crippen molar-refractivity contribution in [2.24, 2.45) is 5.92 Å². The van der Waals surface area contributed by atoms with Crippen molar-refractivity contribution in [3.05, 3.63) is 0 Å². The molecule has 0 aliphatic rings. The van der Waals surface area contributed by atoms with Crippen LogP contribution in [0.25, 0.3) is 0 Å². The Bertz CT molecular complexity index is 193. The van der Waals surface area contributed by atoms with Gasteiger partial charge in [-0.1, -0.05) is 27.7 Å². The number of amides is 1. The van der Waals surface area contributed by atoms with E-state index in [0.29, 0.717) is 18.6 Å². The van der Waals surface area contributed by atoms with E-state index in [2.05, 4.69) is 38.3 Å². The van der Waals surface area contributed by atoms with Crippen LogP contribution in [0.2, 0.25) is 0 Å². The largest absolute Gasteiger partial charge is 0.370 e. The Kier molecular flexibility index (Phi) is 8.21. The molecule has 0 aromatic heterocycles. The first kappa shape index (κ1) is 15.4. The average Bonchev–Trinajstić information content (AvgIpc) is 2.16. The number of carbonyl (C=O) groups is 1. The molecule has 4 heteroatoms. The van der Waals surface area contributed by atoms with Crippen molar-refractivity contribution in [3.8, 4) is 0 Å². The minimum atomic E-state index is -0.0363. The smallest absolute Gasteiger partial charge is 0.246 e. The number of hydrogen-bond acceptors (Lipinski definition) is 3. The van der Waals surface area contributed by atoms with Crippen molar-refractivity contribution in [1.29, 1.82) is 0 Å². The van der Waals surface area contributed by atoms with Gasteiger partial charge in [0.25, 0.3) is 0 Å². The molecule has 0 saturated carbocycles. The molecule has 4 nitrogen and oxygen atoms in total. The summed E-state index contributed by atoms with van der Waals surface area (Å²) < 4.78 is 5.25. The summed E-state index contributed by atoms with van der Waals surface area (Å²) in [5.74, 6) is 0.414. The molecule has 96 valence electrons. The second-order valence-corrected chi connectivity index (χ2v) is 4.76. The van der Waals surface area contributed by atoms with Gasteiger partial charge in [0.05, 0.1) is 6.61 Å². The summed E-state index contributed by atoms with van der Waals surface area (Å²) in [5, 5.41) is 6.12. The lowest BCUT2D eigenvalue weighted by Gasteiger charge is -2.17. The van der Waals surface area contributed by atoms with Gasteiger partial charge >= 0.3 is 0 Å². The Labute approximate surface area is 99.1 Å². The van der Waals surface area contributed by atoms with Gasteiger partial charge in [-0.15, -0.1) is 0 Å². The molecule has 0 aromatic carbocycles. The lowest BCUT2D eigenvalue weighted by atomic mass is 10.1. The molecule has 16 heavy (non-hydrogen) atoms. The summed E-state index contributed by atoms with van der Waals surface area (Å²) in [4.78, 5) is 11.4. The first-order valence-corrected chi connectivity index (χ1v) is 6.04. The third-order valence-corrected chi connectivity index (χ3v) is 2.42. The number of nitrogens with one attached hydrogen (secondary N) is 2. The predicted molar refractivity (Wildman–Crippen MR) is 66.4 cm³/mol. The minimum absolute atomic E-state index is 0.0363. The summed E-state index contributed by atoms with van der Waals surface area (Å²) in [7, 11) is 0. The maximum Gasteiger partial charge on any atom is 0.246 e. The third-order valence-electron chi connectivity index (χ3n) is 2.42. The average molecular weight is 230 g/mol. The molecule has 0 aliphatic carbocycles. The lowest BCUT2D eigenvalue weighted by Crippen LogP contribution is -2.38. The van der Waals surface area contributed by atoms with E-state index < -0.39 is 0 Å². The van der Waals surface area contributed by atoms with Gasteiger partial charge in [0.1, 0.15) is 6.61 Å². The van der Waals surface area contributed by atoms with E-state index in [4.69, 9.17) is 4.74 Å². The summed E-state index contributed by atoms with van der Waals surface area (Å²) in [6.07, 6.45) is 0. The number of rotatable bonds is 8. The monoisotopic (exact) mass is 230 g/mol. The van der Waals surface area contributed by atoms with E-state index in [9.17, 15) is 4.79 Å². The maximum absolute atomic E-state index is 11.4. The standard InChI is InChI=1S/C12H26N2O2/c1-9(2)11(5)14-12(15)8-16-7-6-13-10(3)4/h9-11,13H,6-8H2,1-5H3,(H,14,15). The second-order valence-electron chi connectivity index (χ2n) is 4.76. The molecule has 1 amide bonds. The minimum Gasteiger partial charge on any atom is -0.370 e. The van der Waals surface area contributed by atoms with E-state index in [1.165, 1.54) is 0 Å². The van der Waals surface area contributed by atoms with E-state index in [-0.39, 0.29) is 18.6 Å². The summed E-state index contributed by atoms with van der Waals surface area (Å²) in [5.41, 5.74) is 0. The van der Waals surface area contributed by atoms with Crippen LogP contribution in [-0.4, -0.2) is 37.7 Å². The third kappa shape index (κ3) is 8.68. The predicted octanol–water partition coefficient (Wildman–Crippen LogP) is 1.16.